The fourth-order valence-corrected chi connectivity index (χ4v) is 2.70. The number of carbonyl (C=O) groups is 2. The van der Waals surface area contributed by atoms with Crippen molar-refractivity contribution in [3.05, 3.63) is 0 Å². The third kappa shape index (κ3) is 4.73. The van der Waals surface area contributed by atoms with Gasteiger partial charge in [0.15, 0.2) is 0 Å². The van der Waals surface area contributed by atoms with Crippen LogP contribution in [0.25, 0.3) is 0 Å². The number of carbonyl (C=O) groups excluding carboxylic acids is 1. The first kappa shape index (κ1) is 15.8. The van der Waals surface area contributed by atoms with Crippen LogP contribution in [0, 0.1) is 11.8 Å². The van der Waals surface area contributed by atoms with Gasteiger partial charge in [-0.1, -0.05) is 40.0 Å². The zero-order chi connectivity index (χ0) is 14.4. The number of rotatable bonds is 5. The molecule has 110 valence electrons. The number of nitrogens with one attached hydrogen (secondary N) is 2. The standard InChI is InChI=1S/C14H26N2O3/c1-4-6-12(13(17)18)16-14(19)15-11-8-5-7-9(2)10(11)3/h9-12H,4-8H2,1-3H3,(H,17,18)(H2,15,16,19). The molecule has 0 aromatic rings. The third-order valence-corrected chi connectivity index (χ3v) is 4.20. The molecule has 1 rings (SSSR count). The van der Waals surface area contributed by atoms with Gasteiger partial charge in [0.2, 0.25) is 0 Å². The van der Waals surface area contributed by atoms with Gasteiger partial charge in [0.25, 0.3) is 0 Å². The van der Waals surface area contributed by atoms with E-state index in [-0.39, 0.29) is 12.1 Å². The molecule has 5 nitrogen and oxygen atoms in total. The number of hydrogen-bond acceptors (Lipinski definition) is 2. The van der Waals surface area contributed by atoms with E-state index in [1.54, 1.807) is 0 Å². The maximum absolute atomic E-state index is 11.9. The Labute approximate surface area is 115 Å². The largest absolute Gasteiger partial charge is 0.480 e. The van der Waals surface area contributed by atoms with Gasteiger partial charge in [-0.15, -0.1) is 0 Å². The topological polar surface area (TPSA) is 78.4 Å². The fraction of sp³-hybridized carbons (Fsp3) is 0.857. The van der Waals surface area contributed by atoms with Gasteiger partial charge in [-0.05, 0) is 24.7 Å². The van der Waals surface area contributed by atoms with E-state index >= 15 is 0 Å². The molecule has 0 spiro atoms. The average Bonchev–Trinajstić information content (AvgIpc) is 2.34. The summed E-state index contributed by atoms with van der Waals surface area (Å²) in [4.78, 5) is 22.9. The molecule has 0 saturated heterocycles. The lowest BCUT2D eigenvalue weighted by atomic mass is 9.78. The Morgan fingerprint density at radius 3 is 2.58 bits per heavy atom. The van der Waals surface area contributed by atoms with Gasteiger partial charge in [0.1, 0.15) is 6.04 Å². The molecule has 0 aromatic carbocycles. The van der Waals surface area contributed by atoms with Crippen LogP contribution in [0.1, 0.15) is 52.9 Å². The molecule has 0 heterocycles. The first-order valence-corrected chi connectivity index (χ1v) is 7.25. The first-order valence-electron chi connectivity index (χ1n) is 7.25. The van der Waals surface area contributed by atoms with E-state index in [1.807, 2.05) is 6.92 Å². The Bertz CT molecular complexity index is 320. The molecule has 5 heteroatoms. The Morgan fingerprint density at radius 2 is 2.00 bits per heavy atom. The molecule has 4 unspecified atom stereocenters. The van der Waals surface area contributed by atoms with E-state index in [1.165, 1.54) is 6.42 Å². The maximum atomic E-state index is 11.9. The van der Waals surface area contributed by atoms with E-state index in [9.17, 15) is 9.59 Å². The van der Waals surface area contributed by atoms with E-state index in [0.717, 1.165) is 19.3 Å². The maximum Gasteiger partial charge on any atom is 0.326 e. The van der Waals surface area contributed by atoms with Crippen LogP contribution in [-0.2, 0) is 4.79 Å². The zero-order valence-electron chi connectivity index (χ0n) is 12.1. The molecule has 3 N–H and O–H groups in total. The van der Waals surface area contributed by atoms with E-state index in [0.29, 0.717) is 18.3 Å². The van der Waals surface area contributed by atoms with Crippen LogP contribution in [0.15, 0.2) is 0 Å². The molecule has 2 amide bonds. The highest BCUT2D eigenvalue weighted by Crippen LogP contribution is 2.29. The minimum Gasteiger partial charge on any atom is -0.480 e. The second kappa shape index (κ2) is 7.36. The number of hydrogen-bond donors (Lipinski definition) is 3. The molecule has 1 saturated carbocycles. The smallest absolute Gasteiger partial charge is 0.326 e. The molecule has 4 atom stereocenters. The Balaban J connectivity index is 2.47. The van der Waals surface area contributed by atoms with Gasteiger partial charge in [-0.2, -0.15) is 0 Å². The average molecular weight is 270 g/mol. The lowest BCUT2D eigenvalue weighted by molar-refractivity contribution is -0.139. The second-order valence-electron chi connectivity index (χ2n) is 5.67. The minimum atomic E-state index is -0.970. The summed E-state index contributed by atoms with van der Waals surface area (Å²) in [5.74, 6) is 0.0703. The molecular formula is C14H26N2O3. The number of carboxylic acids is 1. The van der Waals surface area contributed by atoms with Crippen LogP contribution in [0.2, 0.25) is 0 Å². The SMILES string of the molecule is CCCC(NC(=O)NC1CCCC(C)C1C)C(=O)O. The number of carboxylic acid groups (broad SMARTS) is 1. The van der Waals surface area contributed by atoms with Crippen LogP contribution >= 0.6 is 0 Å². The summed E-state index contributed by atoms with van der Waals surface area (Å²) >= 11 is 0. The van der Waals surface area contributed by atoms with Gasteiger partial charge in [0.05, 0.1) is 0 Å². The molecule has 0 aromatic heterocycles. The van der Waals surface area contributed by atoms with Crippen molar-refractivity contribution in [1.82, 2.24) is 10.6 Å². The highest BCUT2D eigenvalue weighted by Gasteiger charge is 2.29. The lowest BCUT2D eigenvalue weighted by Crippen LogP contribution is -2.52. The monoisotopic (exact) mass is 270 g/mol. The molecule has 0 radical (unpaired) electrons. The molecule has 19 heavy (non-hydrogen) atoms. The summed E-state index contributed by atoms with van der Waals surface area (Å²) < 4.78 is 0. The van der Waals surface area contributed by atoms with Gasteiger partial charge in [0, 0.05) is 6.04 Å². The normalized spacial score (nSPS) is 28.5. The second-order valence-corrected chi connectivity index (χ2v) is 5.67. The summed E-state index contributed by atoms with van der Waals surface area (Å²) in [6.07, 6.45) is 4.49. The van der Waals surface area contributed by atoms with Crippen molar-refractivity contribution in [3.63, 3.8) is 0 Å². The van der Waals surface area contributed by atoms with Gasteiger partial charge < -0.3 is 15.7 Å². The van der Waals surface area contributed by atoms with Gasteiger partial charge in [-0.3, -0.25) is 0 Å². The van der Waals surface area contributed by atoms with Crippen molar-refractivity contribution in [1.29, 1.82) is 0 Å². The van der Waals surface area contributed by atoms with E-state index in [2.05, 4.69) is 24.5 Å². The Kier molecular flexibility index (Phi) is 6.12. The molecule has 1 fully saturated rings. The zero-order valence-corrected chi connectivity index (χ0v) is 12.1. The molecule has 1 aliphatic rings. The highest BCUT2D eigenvalue weighted by atomic mass is 16.4. The molecule has 0 bridgehead atoms. The van der Waals surface area contributed by atoms with Crippen molar-refractivity contribution < 1.29 is 14.7 Å². The quantitative estimate of drug-likeness (QED) is 0.717. The van der Waals surface area contributed by atoms with Crippen molar-refractivity contribution in [3.8, 4) is 0 Å². The number of urea groups is 1. The Hall–Kier alpha value is -1.26. The summed E-state index contributed by atoms with van der Waals surface area (Å²) in [5, 5.41) is 14.5. The van der Waals surface area contributed by atoms with Crippen molar-refractivity contribution >= 4 is 12.0 Å². The predicted molar refractivity (Wildman–Crippen MR) is 74.0 cm³/mol. The number of amides is 2. The minimum absolute atomic E-state index is 0.153. The predicted octanol–water partition coefficient (Wildman–Crippen LogP) is 2.36. The van der Waals surface area contributed by atoms with Crippen molar-refractivity contribution in [2.45, 2.75) is 65.0 Å². The molecular weight excluding hydrogens is 244 g/mol. The lowest BCUT2D eigenvalue weighted by Gasteiger charge is -2.34. The first-order chi connectivity index (χ1) is 8.95. The van der Waals surface area contributed by atoms with Crippen LogP contribution in [0.4, 0.5) is 4.79 Å². The van der Waals surface area contributed by atoms with E-state index in [4.69, 9.17) is 5.11 Å². The van der Waals surface area contributed by atoms with Crippen LogP contribution in [0.3, 0.4) is 0 Å². The van der Waals surface area contributed by atoms with Crippen molar-refractivity contribution in [2.24, 2.45) is 11.8 Å². The summed E-state index contributed by atoms with van der Waals surface area (Å²) in [7, 11) is 0. The summed E-state index contributed by atoms with van der Waals surface area (Å²) in [6.45, 7) is 6.25. The third-order valence-electron chi connectivity index (χ3n) is 4.20. The number of aliphatic carboxylic acids is 1. The highest BCUT2D eigenvalue weighted by molar-refractivity contribution is 5.82. The Morgan fingerprint density at radius 1 is 1.32 bits per heavy atom. The summed E-state index contributed by atoms with van der Waals surface area (Å²) in [6, 6.07) is -0.993. The fourth-order valence-electron chi connectivity index (χ4n) is 2.70. The van der Waals surface area contributed by atoms with Crippen LogP contribution in [-0.4, -0.2) is 29.2 Å². The van der Waals surface area contributed by atoms with Gasteiger partial charge >= 0.3 is 12.0 Å². The van der Waals surface area contributed by atoms with Crippen LogP contribution < -0.4 is 10.6 Å². The molecule has 0 aliphatic heterocycles. The van der Waals surface area contributed by atoms with Crippen molar-refractivity contribution in [2.75, 3.05) is 0 Å². The molecule has 1 aliphatic carbocycles. The summed E-state index contributed by atoms with van der Waals surface area (Å²) in [5.41, 5.74) is 0. The van der Waals surface area contributed by atoms with Crippen LogP contribution in [0.5, 0.6) is 0 Å². The van der Waals surface area contributed by atoms with E-state index < -0.39 is 12.0 Å². The van der Waals surface area contributed by atoms with Gasteiger partial charge in [-0.25, -0.2) is 9.59 Å².